The molecule has 2 aromatic carbocycles. The summed E-state index contributed by atoms with van der Waals surface area (Å²) < 4.78 is 3.86. The molecular formula is C26H34Cl2N2O2. The number of anilines is 1. The number of methoxy groups -OCH3 is 1. The van der Waals surface area contributed by atoms with Crippen LogP contribution in [0, 0.1) is 5.92 Å². The quantitative estimate of drug-likeness (QED) is 0.470. The Morgan fingerprint density at radius 3 is 2.03 bits per heavy atom. The first-order valence-electron chi connectivity index (χ1n) is 11.3. The zero-order chi connectivity index (χ0) is 23.3. The Kier molecular flexibility index (Phi) is 8.49. The molecule has 2 aliphatic rings. The number of para-hydroxylation sites is 1. The standard InChI is InChI=1S/C24H30Cl2N2.C2H4O2/c1-17-11-13-28(14-12-17)24(2,3)20-9-7-18(8-10-20)19-15-27(16-19)23-21(25)5-4-6-22(23)26;1-4-2-3/h4-10,17,19H,11-16H2,1-3H3;2H,1H3. The van der Waals surface area contributed by atoms with Crippen LogP contribution in [0.15, 0.2) is 42.5 Å². The van der Waals surface area contributed by atoms with Crippen molar-refractivity contribution in [3.05, 3.63) is 63.6 Å². The molecule has 0 unspecified atom stereocenters. The summed E-state index contributed by atoms with van der Waals surface area (Å²) >= 11 is 12.7. The number of piperidine rings is 1. The molecule has 0 amide bonds. The maximum atomic E-state index is 8.95. The van der Waals surface area contributed by atoms with Crippen molar-refractivity contribution in [2.75, 3.05) is 38.2 Å². The monoisotopic (exact) mass is 476 g/mol. The third-order valence-electron chi connectivity index (χ3n) is 6.89. The minimum Gasteiger partial charge on any atom is -0.471 e. The van der Waals surface area contributed by atoms with Gasteiger partial charge in [-0.05, 0) is 69.0 Å². The lowest BCUT2D eigenvalue weighted by atomic mass is 9.85. The van der Waals surface area contributed by atoms with Crippen LogP contribution in [0.3, 0.4) is 0 Å². The Balaban J connectivity index is 0.000000668. The number of hydrogen-bond donors (Lipinski definition) is 0. The second-order valence-corrected chi connectivity index (χ2v) is 10.2. The van der Waals surface area contributed by atoms with Crippen LogP contribution in [-0.2, 0) is 15.1 Å². The first-order valence-corrected chi connectivity index (χ1v) is 12.0. The van der Waals surface area contributed by atoms with Crippen LogP contribution in [-0.4, -0.2) is 44.7 Å². The van der Waals surface area contributed by atoms with Gasteiger partial charge in [-0.2, -0.15) is 0 Å². The summed E-state index contributed by atoms with van der Waals surface area (Å²) in [6.45, 7) is 11.8. The maximum absolute atomic E-state index is 8.95. The van der Waals surface area contributed by atoms with E-state index >= 15 is 0 Å². The summed E-state index contributed by atoms with van der Waals surface area (Å²) in [4.78, 5) is 13.9. The van der Waals surface area contributed by atoms with Gasteiger partial charge in [-0.25, -0.2) is 0 Å². The van der Waals surface area contributed by atoms with E-state index in [1.54, 1.807) is 0 Å². The van der Waals surface area contributed by atoms with Crippen LogP contribution in [0.1, 0.15) is 50.7 Å². The third-order valence-corrected chi connectivity index (χ3v) is 7.50. The molecule has 2 saturated heterocycles. The largest absolute Gasteiger partial charge is 0.471 e. The number of carbonyl (C=O) groups excluding carboxylic acids is 1. The molecule has 6 heteroatoms. The molecule has 0 spiro atoms. The lowest BCUT2D eigenvalue weighted by molar-refractivity contribution is -0.126. The lowest BCUT2D eigenvalue weighted by Gasteiger charge is -2.44. The number of rotatable bonds is 5. The topological polar surface area (TPSA) is 32.8 Å². The number of ether oxygens (including phenoxy) is 1. The van der Waals surface area contributed by atoms with E-state index in [4.69, 9.17) is 28.0 Å². The Morgan fingerprint density at radius 1 is 1.00 bits per heavy atom. The van der Waals surface area contributed by atoms with E-state index in [2.05, 4.69) is 59.6 Å². The highest BCUT2D eigenvalue weighted by Gasteiger charge is 2.33. The SMILES string of the molecule is CC1CCN(C(C)(C)c2ccc(C3CN(c4c(Cl)cccc4Cl)C3)cc2)CC1.COC=O. The van der Waals surface area contributed by atoms with Gasteiger partial charge in [0.25, 0.3) is 6.47 Å². The normalized spacial score (nSPS) is 17.9. The van der Waals surface area contributed by atoms with Crippen molar-refractivity contribution >= 4 is 35.4 Å². The molecule has 2 aliphatic heterocycles. The van der Waals surface area contributed by atoms with Crippen LogP contribution < -0.4 is 4.90 Å². The number of halogens is 2. The molecule has 2 heterocycles. The minimum atomic E-state index is 0.0927. The molecule has 174 valence electrons. The highest BCUT2D eigenvalue weighted by atomic mass is 35.5. The lowest BCUT2D eigenvalue weighted by Crippen LogP contribution is -2.46. The second-order valence-electron chi connectivity index (χ2n) is 9.35. The van der Waals surface area contributed by atoms with Crippen LogP contribution in [0.5, 0.6) is 0 Å². The molecule has 0 aromatic heterocycles. The van der Waals surface area contributed by atoms with E-state index in [-0.39, 0.29) is 5.54 Å². The number of benzene rings is 2. The predicted molar refractivity (Wildman–Crippen MR) is 134 cm³/mol. The second kappa shape index (κ2) is 10.9. The number of carbonyl (C=O) groups is 1. The number of likely N-dealkylation sites (tertiary alicyclic amines) is 1. The van der Waals surface area contributed by atoms with Gasteiger partial charge in [0.2, 0.25) is 0 Å². The average molecular weight is 477 g/mol. The van der Waals surface area contributed by atoms with Crippen LogP contribution >= 0.6 is 23.2 Å². The molecule has 0 aliphatic carbocycles. The zero-order valence-electron chi connectivity index (χ0n) is 19.5. The molecule has 4 nitrogen and oxygen atoms in total. The zero-order valence-corrected chi connectivity index (χ0v) is 21.0. The van der Waals surface area contributed by atoms with Crippen LogP contribution in [0.4, 0.5) is 5.69 Å². The highest BCUT2D eigenvalue weighted by Crippen LogP contribution is 2.40. The molecule has 4 rings (SSSR count). The number of hydrogen-bond acceptors (Lipinski definition) is 4. The molecule has 0 saturated carbocycles. The first-order chi connectivity index (χ1) is 15.3. The fourth-order valence-electron chi connectivity index (χ4n) is 4.58. The van der Waals surface area contributed by atoms with Gasteiger partial charge in [-0.15, -0.1) is 0 Å². The van der Waals surface area contributed by atoms with Gasteiger partial charge < -0.3 is 9.64 Å². The maximum Gasteiger partial charge on any atom is 0.292 e. The third kappa shape index (κ3) is 5.59. The Bertz CT molecular complexity index is 867. The number of nitrogens with zero attached hydrogens (tertiary/aromatic N) is 2. The van der Waals surface area contributed by atoms with Crippen LogP contribution in [0.25, 0.3) is 0 Å². The van der Waals surface area contributed by atoms with E-state index in [0.717, 1.165) is 34.7 Å². The van der Waals surface area contributed by atoms with Crippen molar-refractivity contribution in [3.8, 4) is 0 Å². The van der Waals surface area contributed by atoms with E-state index in [1.165, 1.54) is 44.2 Å². The van der Waals surface area contributed by atoms with E-state index < -0.39 is 0 Å². The van der Waals surface area contributed by atoms with Crippen molar-refractivity contribution < 1.29 is 9.53 Å². The van der Waals surface area contributed by atoms with Gasteiger partial charge >= 0.3 is 0 Å². The summed E-state index contributed by atoms with van der Waals surface area (Å²) in [5.74, 6) is 1.41. The molecule has 2 aromatic rings. The molecule has 0 bridgehead atoms. The fourth-order valence-corrected chi connectivity index (χ4v) is 5.21. The molecule has 0 atom stereocenters. The van der Waals surface area contributed by atoms with Crippen molar-refractivity contribution in [1.29, 1.82) is 0 Å². The van der Waals surface area contributed by atoms with Gasteiger partial charge in [0.1, 0.15) is 0 Å². The Labute approximate surface area is 202 Å². The van der Waals surface area contributed by atoms with Crippen LogP contribution in [0.2, 0.25) is 10.0 Å². The smallest absolute Gasteiger partial charge is 0.292 e. The Hall–Kier alpha value is -1.75. The summed E-state index contributed by atoms with van der Waals surface area (Å²) in [6, 6.07) is 15.0. The Morgan fingerprint density at radius 2 is 1.53 bits per heavy atom. The van der Waals surface area contributed by atoms with Gasteiger partial charge in [-0.1, -0.05) is 60.5 Å². The fraction of sp³-hybridized carbons (Fsp3) is 0.500. The predicted octanol–water partition coefficient (Wildman–Crippen LogP) is 6.35. The van der Waals surface area contributed by atoms with Gasteiger partial charge in [0.15, 0.2) is 0 Å². The minimum absolute atomic E-state index is 0.0927. The molecule has 32 heavy (non-hydrogen) atoms. The van der Waals surface area contributed by atoms with Crippen molar-refractivity contribution in [2.45, 2.75) is 45.1 Å². The first kappa shape index (κ1) is 24.9. The molecule has 0 radical (unpaired) electrons. The summed E-state index contributed by atoms with van der Waals surface area (Å²) in [6.07, 6.45) is 2.62. The summed E-state index contributed by atoms with van der Waals surface area (Å²) in [5, 5.41) is 1.47. The van der Waals surface area contributed by atoms with Crippen molar-refractivity contribution in [2.24, 2.45) is 5.92 Å². The summed E-state index contributed by atoms with van der Waals surface area (Å²) in [5.41, 5.74) is 3.89. The van der Waals surface area contributed by atoms with Crippen molar-refractivity contribution in [1.82, 2.24) is 4.90 Å². The molecular weight excluding hydrogens is 443 g/mol. The molecule has 2 fully saturated rings. The highest BCUT2D eigenvalue weighted by molar-refractivity contribution is 6.39. The van der Waals surface area contributed by atoms with E-state index in [9.17, 15) is 0 Å². The van der Waals surface area contributed by atoms with E-state index in [1.807, 2.05) is 18.2 Å². The van der Waals surface area contributed by atoms with Crippen molar-refractivity contribution in [3.63, 3.8) is 0 Å². The molecule has 0 N–H and O–H groups in total. The van der Waals surface area contributed by atoms with Gasteiger partial charge in [0.05, 0.1) is 22.8 Å². The summed E-state index contributed by atoms with van der Waals surface area (Å²) in [7, 11) is 1.31. The van der Waals surface area contributed by atoms with Gasteiger partial charge in [-0.3, -0.25) is 9.69 Å². The van der Waals surface area contributed by atoms with E-state index in [0.29, 0.717) is 12.4 Å². The van der Waals surface area contributed by atoms with Gasteiger partial charge in [0, 0.05) is 24.5 Å². The average Bonchev–Trinajstić information content (AvgIpc) is 2.75.